The summed E-state index contributed by atoms with van der Waals surface area (Å²) < 4.78 is 5.71. The summed E-state index contributed by atoms with van der Waals surface area (Å²) in [7, 11) is 0. The minimum atomic E-state index is -0.379. The Morgan fingerprint density at radius 2 is 2.16 bits per heavy atom. The highest BCUT2D eigenvalue weighted by atomic mass is 16.6. The second-order valence-corrected chi connectivity index (χ2v) is 4.95. The summed E-state index contributed by atoms with van der Waals surface area (Å²) >= 11 is 0. The highest BCUT2D eigenvalue weighted by Gasteiger charge is 2.21. The van der Waals surface area contributed by atoms with E-state index in [-0.39, 0.29) is 10.6 Å². The van der Waals surface area contributed by atoms with E-state index >= 15 is 0 Å². The van der Waals surface area contributed by atoms with Crippen LogP contribution in [0.25, 0.3) is 0 Å². The molecule has 2 unspecified atom stereocenters. The number of benzene rings is 1. The quantitative estimate of drug-likeness (QED) is 0.654. The smallest absolute Gasteiger partial charge is 0.269 e. The summed E-state index contributed by atoms with van der Waals surface area (Å²) in [4.78, 5) is 10.2. The number of ether oxygens (including phenoxy) is 1. The Morgan fingerprint density at radius 1 is 1.42 bits per heavy atom. The van der Waals surface area contributed by atoms with Crippen LogP contribution in [0.2, 0.25) is 0 Å². The first-order valence-corrected chi connectivity index (χ1v) is 6.81. The number of nitrogens with zero attached hydrogens (tertiary/aromatic N) is 1. The van der Waals surface area contributed by atoms with Gasteiger partial charge in [-0.1, -0.05) is 13.3 Å². The monoisotopic (exact) mass is 264 g/mol. The molecule has 1 fully saturated rings. The van der Waals surface area contributed by atoms with E-state index in [0.29, 0.717) is 12.1 Å². The predicted molar refractivity (Wildman–Crippen MR) is 74.4 cm³/mol. The molecule has 0 aromatic heterocycles. The third kappa shape index (κ3) is 3.92. The number of nitro benzene ring substituents is 1. The Balaban J connectivity index is 1.91. The Morgan fingerprint density at radius 3 is 2.79 bits per heavy atom. The predicted octanol–water partition coefficient (Wildman–Crippen LogP) is 3.35. The number of hydrogen-bond donors (Lipinski definition) is 1. The van der Waals surface area contributed by atoms with Gasteiger partial charge in [-0.25, -0.2) is 0 Å². The third-order valence-electron chi connectivity index (χ3n) is 3.43. The van der Waals surface area contributed by atoms with Crippen LogP contribution in [0.3, 0.4) is 0 Å². The van der Waals surface area contributed by atoms with Gasteiger partial charge in [-0.15, -0.1) is 0 Å². The number of non-ortho nitro benzene ring substituents is 1. The minimum Gasteiger partial charge on any atom is -0.382 e. The third-order valence-corrected chi connectivity index (χ3v) is 3.43. The van der Waals surface area contributed by atoms with Gasteiger partial charge in [0.25, 0.3) is 5.69 Å². The lowest BCUT2D eigenvalue weighted by molar-refractivity contribution is -0.384. The van der Waals surface area contributed by atoms with Gasteiger partial charge in [-0.3, -0.25) is 10.1 Å². The Hall–Kier alpha value is -1.62. The fourth-order valence-corrected chi connectivity index (χ4v) is 2.45. The van der Waals surface area contributed by atoms with Gasteiger partial charge in [-0.05, 0) is 31.4 Å². The fourth-order valence-electron chi connectivity index (χ4n) is 2.45. The van der Waals surface area contributed by atoms with Crippen molar-refractivity contribution < 1.29 is 9.66 Å². The van der Waals surface area contributed by atoms with Crippen LogP contribution in [0.4, 0.5) is 11.4 Å². The van der Waals surface area contributed by atoms with E-state index in [9.17, 15) is 10.1 Å². The van der Waals surface area contributed by atoms with E-state index in [4.69, 9.17) is 4.74 Å². The van der Waals surface area contributed by atoms with Gasteiger partial charge in [0.15, 0.2) is 0 Å². The van der Waals surface area contributed by atoms with E-state index in [0.717, 1.165) is 38.0 Å². The molecule has 0 aliphatic carbocycles. The molecule has 5 heteroatoms. The normalized spacial score (nSPS) is 23.0. The lowest BCUT2D eigenvalue weighted by Crippen LogP contribution is -2.33. The van der Waals surface area contributed by atoms with E-state index in [1.807, 2.05) is 0 Å². The summed E-state index contributed by atoms with van der Waals surface area (Å²) in [5, 5.41) is 14.0. The highest BCUT2D eigenvalue weighted by molar-refractivity contribution is 5.49. The Kier molecular flexibility index (Phi) is 4.74. The molecule has 1 aromatic rings. The maximum atomic E-state index is 10.6. The molecule has 0 spiro atoms. The molecular formula is C14H20N2O3. The van der Waals surface area contributed by atoms with Crippen LogP contribution in [-0.4, -0.2) is 23.7 Å². The van der Waals surface area contributed by atoms with Crippen LogP contribution >= 0.6 is 0 Å². The molecule has 0 saturated carbocycles. The van der Waals surface area contributed by atoms with Crippen LogP contribution in [0.5, 0.6) is 0 Å². The summed E-state index contributed by atoms with van der Waals surface area (Å²) in [6, 6.07) is 6.99. The number of nitrogens with one attached hydrogen (secondary N) is 1. The van der Waals surface area contributed by atoms with Gasteiger partial charge in [0.1, 0.15) is 0 Å². The Bertz CT molecular complexity index is 417. The van der Waals surface area contributed by atoms with Crippen molar-refractivity contribution in [2.45, 2.75) is 44.8 Å². The second kappa shape index (κ2) is 6.52. The first kappa shape index (κ1) is 13.8. The van der Waals surface area contributed by atoms with Gasteiger partial charge in [0, 0.05) is 30.5 Å². The summed E-state index contributed by atoms with van der Waals surface area (Å²) in [6.07, 6.45) is 4.56. The second-order valence-electron chi connectivity index (χ2n) is 4.95. The molecule has 5 nitrogen and oxygen atoms in total. The van der Waals surface area contributed by atoms with Crippen molar-refractivity contribution in [3.8, 4) is 0 Å². The molecular weight excluding hydrogens is 244 g/mol. The van der Waals surface area contributed by atoms with Crippen molar-refractivity contribution in [1.82, 2.24) is 0 Å². The number of rotatable bonds is 5. The molecule has 1 aliphatic rings. The highest BCUT2D eigenvalue weighted by Crippen LogP contribution is 2.22. The molecule has 2 atom stereocenters. The van der Waals surface area contributed by atoms with Crippen LogP contribution < -0.4 is 5.32 Å². The molecule has 2 rings (SSSR count). The molecule has 0 amide bonds. The van der Waals surface area contributed by atoms with Crippen molar-refractivity contribution >= 4 is 11.4 Å². The van der Waals surface area contributed by atoms with Crippen molar-refractivity contribution in [1.29, 1.82) is 0 Å². The molecule has 0 radical (unpaired) electrons. The lowest BCUT2D eigenvalue weighted by atomic mass is 10.00. The fraction of sp³-hybridized carbons (Fsp3) is 0.571. The number of hydrogen-bond acceptors (Lipinski definition) is 4. The summed E-state index contributed by atoms with van der Waals surface area (Å²) in [5.74, 6) is 0. The Labute approximate surface area is 113 Å². The molecule has 1 saturated heterocycles. The topological polar surface area (TPSA) is 64.4 Å². The first-order valence-electron chi connectivity index (χ1n) is 6.81. The van der Waals surface area contributed by atoms with Crippen molar-refractivity contribution in [3.63, 3.8) is 0 Å². The van der Waals surface area contributed by atoms with Gasteiger partial charge >= 0.3 is 0 Å². The van der Waals surface area contributed by atoms with Crippen molar-refractivity contribution in [3.05, 3.63) is 34.4 Å². The summed E-state index contributed by atoms with van der Waals surface area (Å²) in [6.45, 7) is 2.95. The van der Waals surface area contributed by atoms with Gasteiger partial charge in [0.05, 0.1) is 11.0 Å². The molecule has 104 valence electrons. The maximum absolute atomic E-state index is 10.6. The van der Waals surface area contributed by atoms with E-state index in [1.165, 1.54) is 12.1 Å². The minimum absolute atomic E-state index is 0.126. The van der Waals surface area contributed by atoms with E-state index in [1.54, 1.807) is 12.1 Å². The zero-order chi connectivity index (χ0) is 13.7. The molecule has 1 aromatic carbocycles. The number of nitro groups is 1. The lowest BCUT2D eigenvalue weighted by Gasteiger charge is -2.30. The van der Waals surface area contributed by atoms with Gasteiger partial charge in [0.2, 0.25) is 0 Å². The average molecular weight is 264 g/mol. The van der Waals surface area contributed by atoms with Gasteiger partial charge in [-0.2, -0.15) is 0 Å². The largest absolute Gasteiger partial charge is 0.382 e. The maximum Gasteiger partial charge on any atom is 0.269 e. The number of anilines is 1. The van der Waals surface area contributed by atoms with Gasteiger partial charge < -0.3 is 10.1 Å². The molecule has 1 aliphatic heterocycles. The van der Waals surface area contributed by atoms with Crippen molar-refractivity contribution in [2.24, 2.45) is 0 Å². The van der Waals surface area contributed by atoms with Crippen LogP contribution in [0.1, 0.15) is 32.6 Å². The van der Waals surface area contributed by atoms with Crippen molar-refractivity contribution in [2.75, 3.05) is 11.9 Å². The zero-order valence-electron chi connectivity index (χ0n) is 11.2. The molecule has 1 N–H and O–H groups in total. The SMILES string of the molecule is CCCC1CC(Nc2ccc([N+](=O)[O-])cc2)CCO1. The summed E-state index contributed by atoms with van der Waals surface area (Å²) in [5.41, 5.74) is 1.06. The van der Waals surface area contributed by atoms with E-state index in [2.05, 4.69) is 12.2 Å². The standard InChI is InChI=1S/C14H20N2O3/c1-2-3-14-10-12(8-9-19-14)15-11-4-6-13(7-5-11)16(17)18/h4-7,12,14-15H,2-3,8-10H2,1H3. The average Bonchev–Trinajstić information content (AvgIpc) is 2.40. The van der Waals surface area contributed by atoms with Crippen LogP contribution in [-0.2, 0) is 4.74 Å². The zero-order valence-corrected chi connectivity index (χ0v) is 11.2. The van der Waals surface area contributed by atoms with E-state index < -0.39 is 0 Å². The molecule has 19 heavy (non-hydrogen) atoms. The van der Waals surface area contributed by atoms with Crippen LogP contribution in [0.15, 0.2) is 24.3 Å². The first-order chi connectivity index (χ1) is 9.19. The van der Waals surface area contributed by atoms with Crippen LogP contribution in [0, 0.1) is 10.1 Å². The molecule has 1 heterocycles. The molecule has 0 bridgehead atoms.